The number of aromatic amines is 1. The number of nitriles is 2. The molecule has 1 aromatic heterocycles. The number of amides is 1. The van der Waals surface area contributed by atoms with Gasteiger partial charge < -0.3 is 4.90 Å². The second-order valence-corrected chi connectivity index (χ2v) is 4.90. The van der Waals surface area contributed by atoms with Crippen LogP contribution in [-0.2, 0) is 0 Å². The van der Waals surface area contributed by atoms with Gasteiger partial charge in [0.2, 0.25) is 0 Å². The van der Waals surface area contributed by atoms with Crippen LogP contribution < -0.4 is 0 Å². The van der Waals surface area contributed by atoms with Crippen molar-refractivity contribution in [2.45, 2.75) is 0 Å². The Hall–Kier alpha value is -2.64. The van der Waals surface area contributed by atoms with Crippen molar-refractivity contribution >= 4 is 21.8 Å². The van der Waals surface area contributed by atoms with Gasteiger partial charge >= 0.3 is 0 Å². The van der Waals surface area contributed by atoms with Gasteiger partial charge in [0.15, 0.2) is 0 Å². The van der Waals surface area contributed by atoms with Crippen LogP contribution in [0.25, 0.3) is 11.3 Å². The van der Waals surface area contributed by atoms with Gasteiger partial charge in [0, 0.05) is 5.56 Å². The lowest BCUT2D eigenvalue weighted by atomic mass is 10.1. The average Bonchev–Trinajstić information content (AvgIpc) is 2.89. The summed E-state index contributed by atoms with van der Waals surface area (Å²) < 4.78 is 0.513. The van der Waals surface area contributed by atoms with Crippen molar-refractivity contribution in [3.05, 3.63) is 40.5 Å². The molecule has 0 aliphatic heterocycles. The van der Waals surface area contributed by atoms with Crippen molar-refractivity contribution < 1.29 is 4.79 Å². The van der Waals surface area contributed by atoms with Crippen molar-refractivity contribution in [3.63, 3.8) is 0 Å². The minimum absolute atomic E-state index is 0.154. The summed E-state index contributed by atoms with van der Waals surface area (Å²) in [6.07, 6.45) is 0. The number of nitrogens with one attached hydrogen (secondary N) is 1. The van der Waals surface area contributed by atoms with E-state index in [0.29, 0.717) is 10.2 Å². The quantitative estimate of drug-likeness (QED) is 0.861. The smallest absolute Gasteiger partial charge is 0.274 e. The molecule has 1 aromatic carbocycles. The Balaban J connectivity index is 2.34. The Morgan fingerprint density at radius 3 is 2.43 bits per heavy atom. The second-order valence-electron chi connectivity index (χ2n) is 4.10. The van der Waals surface area contributed by atoms with Crippen LogP contribution in [-0.4, -0.2) is 34.1 Å². The molecule has 0 saturated carbocycles. The fraction of sp³-hybridized carbons (Fsp3) is 0.143. The van der Waals surface area contributed by atoms with E-state index < -0.39 is 5.91 Å². The molecule has 0 aliphatic rings. The first-order valence-electron chi connectivity index (χ1n) is 6.01. The lowest BCUT2D eigenvalue weighted by molar-refractivity contribution is 0.0788. The predicted octanol–water partition coefficient (Wildman–Crippen LogP) is 2.33. The van der Waals surface area contributed by atoms with Gasteiger partial charge in [0.25, 0.3) is 5.91 Å². The van der Waals surface area contributed by atoms with Gasteiger partial charge in [0.05, 0.1) is 16.6 Å². The zero-order chi connectivity index (χ0) is 15.2. The first kappa shape index (κ1) is 14.8. The Morgan fingerprint density at radius 2 is 1.86 bits per heavy atom. The van der Waals surface area contributed by atoms with Crippen LogP contribution in [0.15, 0.2) is 34.8 Å². The molecular formula is C14H10BrN5O. The third-order valence-corrected chi connectivity index (χ3v) is 3.55. The number of carbonyl (C=O) groups is 1. The number of benzene rings is 1. The molecule has 21 heavy (non-hydrogen) atoms. The van der Waals surface area contributed by atoms with E-state index in [4.69, 9.17) is 10.5 Å². The summed E-state index contributed by atoms with van der Waals surface area (Å²) in [5.41, 5.74) is 1.68. The molecule has 1 heterocycles. The number of halogens is 1. The summed E-state index contributed by atoms with van der Waals surface area (Å²) in [5, 5.41) is 24.2. The van der Waals surface area contributed by atoms with Gasteiger partial charge in [-0.15, -0.1) is 0 Å². The lowest BCUT2D eigenvalue weighted by Gasteiger charge is -2.14. The molecule has 104 valence electrons. The largest absolute Gasteiger partial charge is 0.311 e. The Morgan fingerprint density at radius 1 is 1.24 bits per heavy atom. The molecule has 0 aliphatic carbocycles. The van der Waals surface area contributed by atoms with Gasteiger partial charge in [-0.25, -0.2) is 0 Å². The second kappa shape index (κ2) is 6.69. The maximum Gasteiger partial charge on any atom is 0.274 e. The first-order chi connectivity index (χ1) is 10.2. The summed E-state index contributed by atoms with van der Waals surface area (Å²) in [4.78, 5) is 13.5. The average molecular weight is 344 g/mol. The molecule has 0 saturated heterocycles. The number of hydrogen-bond donors (Lipinski definition) is 1. The van der Waals surface area contributed by atoms with E-state index in [2.05, 4.69) is 26.1 Å². The van der Waals surface area contributed by atoms with Crippen molar-refractivity contribution in [3.8, 4) is 23.4 Å². The highest BCUT2D eigenvalue weighted by Gasteiger charge is 2.23. The Bertz CT molecular complexity index is 710. The molecule has 1 N–H and O–H groups in total. The van der Waals surface area contributed by atoms with E-state index in [0.717, 1.165) is 10.5 Å². The first-order valence-corrected chi connectivity index (χ1v) is 6.80. The molecule has 2 rings (SSSR count). The molecule has 6 nitrogen and oxygen atoms in total. The van der Waals surface area contributed by atoms with Crippen LogP contribution in [0.1, 0.15) is 10.5 Å². The number of H-pyrrole nitrogens is 1. The molecule has 7 heteroatoms. The summed E-state index contributed by atoms with van der Waals surface area (Å²) in [6.45, 7) is -0.308. The van der Waals surface area contributed by atoms with E-state index in [-0.39, 0.29) is 18.8 Å². The van der Waals surface area contributed by atoms with Crippen LogP contribution in [0.5, 0.6) is 0 Å². The molecule has 0 bridgehead atoms. The minimum atomic E-state index is -0.445. The molecule has 1 amide bonds. The summed E-state index contributed by atoms with van der Waals surface area (Å²) >= 11 is 3.35. The lowest BCUT2D eigenvalue weighted by Crippen LogP contribution is -2.32. The third kappa shape index (κ3) is 3.10. The summed E-state index contributed by atoms with van der Waals surface area (Å²) in [5.74, 6) is -0.445. The van der Waals surface area contributed by atoms with Crippen molar-refractivity contribution in [1.29, 1.82) is 10.5 Å². The normalized spacial score (nSPS) is 9.67. The maximum absolute atomic E-state index is 12.3. The molecule has 0 fully saturated rings. The summed E-state index contributed by atoms with van der Waals surface area (Å²) in [7, 11) is 0. The number of hydrogen-bond acceptors (Lipinski definition) is 4. The van der Waals surface area contributed by atoms with Gasteiger partial charge in [-0.1, -0.05) is 30.3 Å². The zero-order valence-corrected chi connectivity index (χ0v) is 12.5. The fourth-order valence-electron chi connectivity index (χ4n) is 1.79. The molecular weight excluding hydrogens is 334 g/mol. The topological polar surface area (TPSA) is 96.6 Å². The monoisotopic (exact) mass is 343 g/mol. The molecule has 0 atom stereocenters. The van der Waals surface area contributed by atoms with Crippen molar-refractivity contribution in [1.82, 2.24) is 15.1 Å². The summed E-state index contributed by atoms with van der Waals surface area (Å²) in [6, 6.07) is 13.1. The highest BCUT2D eigenvalue weighted by atomic mass is 79.9. The fourth-order valence-corrected chi connectivity index (χ4v) is 2.36. The van der Waals surface area contributed by atoms with Gasteiger partial charge in [0.1, 0.15) is 24.5 Å². The Kier molecular flexibility index (Phi) is 4.70. The van der Waals surface area contributed by atoms with Gasteiger partial charge in [-0.3, -0.25) is 9.89 Å². The molecule has 0 radical (unpaired) electrons. The van der Waals surface area contributed by atoms with E-state index in [1.54, 1.807) is 0 Å². The minimum Gasteiger partial charge on any atom is -0.311 e. The maximum atomic E-state index is 12.3. The van der Waals surface area contributed by atoms with Crippen LogP contribution in [0, 0.1) is 22.7 Å². The van der Waals surface area contributed by atoms with E-state index >= 15 is 0 Å². The number of carbonyl (C=O) groups excluding carboxylic acids is 1. The van der Waals surface area contributed by atoms with Crippen molar-refractivity contribution in [2.75, 3.05) is 13.1 Å². The van der Waals surface area contributed by atoms with Crippen LogP contribution >= 0.6 is 15.9 Å². The van der Waals surface area contributed by atoms with Crippen LogP contribution in [0.2, 0.25) is 0 Å². The molecule has 2 aromatic rings. The Labute approximate surface area is 129 Å². The highest BCUT2D eigenvalue weighted by Crippen LogP contribution is 2.29. The predicted molar refractivity (Wildman–Crippen MR) is 78.9 cm³/mol. The molecule has 0 unspecified atom stereocenters. The highest BCUT2D eigenvalue weighted by molar-refractivity contribution is 9.10. The van der Waals surface area contributed by atoms with Gasteiger partial charge in [-0.2, -0.15) is 15.6 Å². The third-order valence-electron chi connectivity index (χ3n) is 2.78. The van der Waals surface area contributed by atoms with E-state index in [1.807, 2.05) is 42.5 Å². The van der Waals surface area contributed by atoms with E-state index in [1.165, 1.54) is 0 Å². The number of nitrogens with zero attached hydrogens (tertiary/aromatic N) is 4. The van der Waals surface area contributed by atoms with Gasteiger partial charge in [-0.05, 0) is 15.9 Å². The van der Waals surface area contributed by atoms with Crippen molar-refractivity contribution in [2.24, 2.45) is 0 Å². The van der Waals surface area contributed by atoms with E-state index in [9.17, 15) is 4.79 Å². The standard InChI is InChI=1S/C14H10BrN5O/c15-11-12(10-4-2-1-3-5-10)18-19-13(11)14(21)20(8-6-16)9-7-17/h1-5H,8-9H2,(H,18,19). The zero-order valence-electron chi connectivity index (χ0n) is 10.9. The molecule has 0 spiro atoms. The van der Waals surface area contributed by atoms with Crippen LogP contribution in [0.4, 0.5) is 0 Å². The van der Waals surface area contributed by atoms with Crippen LogP contribution in [0.3, 0.4) is 0 Å². The number of rotatable bonds is 4. The SMILES string of the molecule is N#CCN(CC#N)C(=O)c1[nH]nc(-c2ccccc2)c1Br. The number of aromatic nitrogens is 2.